The summed E-state index contributed by atoms with van der Waals surface area (Å²) in [5.41, 5.74) is 12.3. The second-order valence-electron chi connectivity index (χ2n) is 11.9. The summed E-state index contributed by atoms with van der Waals surface area (Å²) < 4.78 is 0. The van der Waals surface area contributed by atoms with Crippen LogP contribution in [0.4, 0.5) is 0 Å². The second kappa shape index (κ2) is 8.83. The number of para-hydroxylation sites is 1. The van der Waals surface area contributed by atoms with E-state index in [0.717, 1.165) is 28.0 Å². The fourth-order valence-electron chi connectivity index (χ4n) is 7.91. The molecule has 2 bridgehead atoms. The van der Waals surface area contributed by atoms with E-state index < -0.39 is 5.41 Å². The van der Waals surface area contributed by atoms with Crippen LogP contribution in [-0.4, -0.2) is 9.97 Å². The Kier molecular flexibility index (Phi) is 4.99. The first kappa shape index (κ1) is 24.3. The molecule has 3 aliphatic rings. The van der Waals surface area contributed by atoms with E-state index in [0.29, 0.717) is 0 Å². The van der Waals surface area contributed by atoms with Crippen LogP contribution in [-0.2, 0) is 10.8 Å². The smallest absolute Gasteiger partial charge is 0.149 e. The van der Waals surface area contributed by atoms with E-state index in [2.05, 4.69) is 159 Å². The van der Waals surface area contributed by atoms with Crippen molar-refractivity contribution in [2.75, 3.05) is 0 Å². The summed E-state index contributed by atoms with van der Waals surface area (Å²) in [5, 5.41) is 1.05. The lowest BCUT2D eigenvalue weighted by Gasteiger charge is -2.54. The Balaban J connectivity index is 1.41. The highest BCUT2D eigenvalue weighted by molar-refractivity contribution is 5.94. The van der Waals surface area contributed by atoms with Gasteiger partial charge in [0, 0.05) is 16.4 Å². The Hall–Kier alpha value is -5.34. The van der Waals surface area contributed by atoms with Crippen molar-refractivity contribution >= 4 is 10.9 Å². The Bertz CT molecular complexity index is 2090. The van der Waals surface area contributed by atoms with Gasteiger partial charge in [-0.25, -0.2) is 9.97 Å². The summed E-state index contributed by atoms with van der Waals surface area (Å²) in [6.45, 7) is 2.38. The van der Waals surface area contributed by atoms with Crippen molar-refractivity contribution in [2.45, 2.75) is 17.8 Å². The van der Waals surface area contributed by atoms with E-state index in [1.54, 1.807) is 0 Å². The van der Waals surface area contributed by atoms with Crippen LogP contribution >= 0.6 is 0 Å². The maximum atomic E-state index is 5.61. The Morgan fingerprint density at radius 2 is 0.907 bits per heavy atom. The highest BCUT2D eigenvalue weighted by Gasteiger charge is 2.58. The largest absolute Gasteiger partial charge is 0.231 e. The lowest BCUT2D eigenvalue weighted by molar-refractivity contribution is 0.516. The van der Waals surface area contributed by atoms with E-state index in [1.807, 2.05) is 0 Å². The number of rotatable bonds is 3. The molecule has 0 fully saturated rings. The molecular weight excluding hydrogens is 520 g/mol. The summed E-state index contributed by atoms with van der Waals surface area (Å²) >= 11 is 0. The number of aromatic nitrogens is 2. The average molecular weight is 549 g/mol. The molecule has 10 rings (SSSR count). The topological polar surface area (TPSA) is 25.8 Å². The maximum absolute atomic E-state index is 5.61. The molecule has 0 unspecified atom stereocenters. The van der Waals surface area contributed by atoms with Gasteiger partial charge in [0.2, 0.25) is 0 Å². The van der Waals surface area contributed by atoms with Crippen LogP contribution < -0.4 is 0 Å². The third-order valence-corrected chi connectivity index (χ3v) is 9.79. The third kappa shape index (κ3) is 3.13. The summed E-state index contributed by atoms with van der Waals surface area (Å²) in [4.78, 5) is 11.0. The van der Waals surface area contributed by atoms with E-state index in [9.17, 15) is 0 Å². The summed E-state index contributed by atoms with van der Waals surface area (Å²) in [6.07, 6.45) is 0. The molecule has 0 saturated carbocycles. The molecule has 6 aromatic carbocycles. The standard InChI is InChI=1S/C41H28N2/c1-40-31-19-6-9-22-34(31)41(35-23-10-7-20-32(35)40,36-24-11-8-21-33(36)40)39-42-37-25-12-5-18-30(37)38(43-39)29-17-13-16-28(26-29)27-14-3-2-4-15-27/h2-26H,1H3. The minimum Gasteiger partial charge on any atom is -0.231 e. The van der Waals surface area contributed by atoms with Gasteiger partial charge < -0.3 is 0 Å². The van der Waals surface area contributed by atoms with Crippen LogP contribution in [0.15, 0.2) is 152 Å². The molecule has 2 heteroatoms. The summed E-state index contributed by atoms with van der Waals surface area (Å²) in [5.74, 6) is 0.820. The SMILES string of the molecule is CC12c3ccccc3C(c3nc(-c4cccc(-c5ccccc5)c4)c4ccccc4n3)(c3ccccc31)c1ccccc12. The van der Waals surface area contributed by atoms with Crippen molar-refractivity contribution in [2.24, 2.45) is 0 Å². The number of fused-ring (bicyclic) bond motifs is 1. The van der Waals surface area contributed by atoms with Gasteiger partial charge in [-0.3, -0.25) is 0 Å². The third-order valence-electron chi connectivity index (χ3n) is 9.79. The van der Waals surface area contributed by atoms with Crippen LogP contribution in [0, 0.1) is 0 Å². The van der Waals surface area contributed by atoms with Crippen molar-refractivity contribution in [3.63, 3.8) is 0 Å². The van der Waals surface area contributed by atoms with Gasteiger partial charge >= 0.3 is 0 Å². The monoisotopic (exact) mass is 548 g/mol. The minimum atomic E-state index is -0.642. The molecule has 0 N–H and O–H groups in total. The van der Waals surface area contributed by atoms with Gasteiger partial charge in [-0.2, -0.15) is 0 Å². The zero-order valence-corrected chi connectivity index (χ0v) is 23.8. The fraction of sp³-hybridized carbons (Fsp3) is 0.0732. The predicted octanol–water partition coefficient (Wildman–Crippen LogP) is 9.33. The first-order valence-electron chi connectivity index (χ1n) is 14.9. The first-order chi connectivity index (χ1) is 21.2. The number of hydrogen-bond acceptors (Lipinski definition) is 2. The lowest BCUT2D eigenvalue weighted by Crippen LogP contribution is -2.50. The lowest BCUT2D eigenvalue weighted by atomic mass is 9.47. The highest BCUT2D eigenvalue weighted by Crippen LogP contribution is 2.63. The van der Waals surface area contributed by atoms with Crippen molar-refractivity contribution in [1.29, 1.82) is 0 Å². The van der Waals surface area contributed by atoms with Crippen molar-refractivity contribution in [3.05, 3.63) is 191 Å². The fourth-order valence-corrected chi connectivity index (χ4v) is 7.91. The normalized spacial score (nSPS) is 19.5. The van der Waals surface area contributed by atoms with Gasteiger partial charge in [0.1, 0.15) is 11.2 Å². The van der Waals surface area contributed by atoms with Crippen molar-refractivity contribution < 1.29 is 0 Å². The van der Waals surface area contributed by atoms with Crippen LogP contribution in [0.1, 0.15) is 46.1 Å². The minimum absolute atomic E-state index is 0.255. The molecule has 3 aliphatic carbocycles. The van der Waals surface area contributed by atoms with Crippen molar-refractivity contribution in [1.82, 2.24) is 9.97 Å². The average Bonchev–Trinajstić information content (AvgIpc) is 3.09. The molecule has 0 amide bonds. The highest BCUT2D eigenvalue weighted by atomic mass is 14.9. The zero-order valence-electron chi connectivity index (χ0n) is 23.8. The van der Waals surface area contributed by atoms with Crippen LogP contribution in [0.3, 0.4) is 0 Å². The van der Waals surface area contributed by atoms with Gasteiger partial charge in [0.15, 0.2) is 0 Å². The molecule has 1 heterocycles. The predicted molar refractivity (Wildman–Crippen MR) is 174 cm³/mol. The number of hydrogen-bond donors (Lipinski definition) is 0. The molecule has 0 saturated heterocycles. The molecular formula is C41H28N2. The van der Waals surface area contributed by atoms with Gasteiger partial charge in [-0.15, -0.1) is 0 Å². The molecule has 7 aromatic rings. The molecule has 0 spiro atoms. The van der Waals surface area contributed by atoms with E-state index >= 15 is 0 Å². The second-order valence-corrected chi connectivity index (χ2v) is 11.9. The van der Waals surface area contributed by atoms with E-state index in [4.69, 9.17) is 9.97 Å². The van der Waals surface area contributed by atoms with Crippen LogP contribution in [0.2, 0.25) is 0 Å². The van der Waals surface area contributed by atoms with Gasteiger partial charge in [0.05, 0.1) is 11.2 Å². The zero-order chi connectivity index (χ0) is 28.6. The van der Waals surface area contributed by atoms with Gasteiger partial charge in [-0.1, -0.05) is 140 Å². The summed E-state index contributed by atoms with van der Waals surface area (Å²) in [6, 6.07) is 54.6. The number of nitrogens with zero attached hydrogens (tertiary/aromatic N) is 2. The maximum Gasteiger partial charge on any atom is 0.149 e. The Morgan fingerprint density at radius 1 is 0.419 bits per heavy atom. The molecule has 0 radical (unpaired) electrons. The first-order valence-corrected chi connectivity index (χ1v) is 14.9. The van der Waals surface area contributed by atoms with E-state index in [1.165, 1.54) is 44.5 Å². The molecule has 43 heavy (non-hydrogen) atoms. The molecule has 2 nitrogen and oxygen atoms in total. The van der Waals surface area contributed by atoms with Gasteiger partial charge in [0.25, 0.3) is 0 Å². The quantitative estimate of drug-likeness (QED) is 0.220. The van der Waals surface area contributed by atoms with Crippen LogP contribution in [0.5, 0.6) is 0 Å². The summed E-state index contributed by atoms with van der Waals surface area (Å²) in [7, 11) is 0. The molecule has 0 aliphatic heterocycles. The van der Waals surface area contributed by atoms with Crippen LogP contribution in [0.25, 0.3) is 33.3 Å². The Labute approximate surface area is 251 Å². The Morgan fingerprint density at radius 3 is 1.53 bits per heavy atom. The van der Waals surface area contributed by atoms with Crippen molar-refractivity contribution in [3.8, 4) is 22.4 Å². The molecule has 1 aromatic heterocycles. The number of benzene rings is 6. The molecule has 202 valence electrons. The molecule has 0 atom stereocenters. The van der Waals surface area contributed by atoms with E-state index in [-0.39, 0.29) is 5.41 Å². The van der Waals surface area contributed by atoms with Gasteiger partial charge in [-0.05, 0) is 63.6 Å².